The van der Waals surface area contributed by atoms with Gasteiger partial charge in [0.25, 0.3) is 5.91 Å². The molecule has 0 aliphatic carbocycles. The number of hydrogen-bond acceptors (Lipinski definition) is 3. The lowest BCUT2D eigenvalue weighted by atomic mass is 10.0. The van der Waals surface area contributed by atoms with Crippen molar-refractivity contribution in [3.05, 3.63) is 53.1 Å². The van der Waals surface area contributed by atoms with Crippen molar-refractivity contribution in [3.8, 4) is 11.5 Å². The van der Waals surface area contributed by atoms with Crippen LogP contribution in [0.15, 0.2) is 36.4 Å². The molecule has 2 aromatic rings. The number of benzene rings is 2. The van der Waals surface area contributed by atoms with Crippen LogP contribution >= 0.6 is 0 Å². The zero-order valence-corrected chi connectivity index (χ0v) is 11.5. The van der Waals surface area contributed by atoms with Gasteiger partial charge in [-0.15, -0.1) is 0 Å². The molecule has 2 aliphatic rings. The molecule has 4 heteroatoms. The second-order valence-electron chi connectivity index (χ2n) is 5.17. The first-order valence-electron chi connectivity index (χ1n) is 6.74. The normalized spacial score (nSPS) is 17.0. The molecule has 0 fully saturated rings. The van der Waals surface area contributed by atoms with Gasteiger partial charge in [-0.25, -0.2) is 0 Å². The van der Waals surface area contributed by atoms with E-state index in [0.717, 1.165) is 28.1 Å². The van der Waals surface area contributed by atoms with E-state index in [1.54, 1.807) is 0 Å². The molecular formula is C17H13NO3. The third-order valence-electron chi connectivity index (χ3n) is 3.67. The molecule has 4 nitrogen and oxygen atoms in total. The lowest BCUT2D eigenvalue weighted by molar-refractivity contribution is -0.110. The summed E-state index contributed by atoms with van der Waals surface area (Å²) in [5.41, 5.74) is 4.52. The summed E-state index contributed by atoms with van der Waals surface area (Å²) in [6.45, 7) is 2.26. The summed E-state index contributed by atoms with van der Waals surface area (Å²) in [5.74, 6) is 1.38. The summed E-state index contributed by atoms with van der Waals surface area (Å²) in [7, 11) is 0. The van der Waals surface area contributed by atoms with Crippen molar-refractivity contribution < 1.29 is 14.3 Å². The Hall–Kier alpha value is -2.75. The van der Waals surface area contributed by atoms with Crippen molar-refractivity contribution in [3.63, 3.8) is 0 Å². The maximum absolute atomic E-state index is 12.1. The summed E-state index contributed by atoms with van der Waals surface area (Å²) < 4.78 is 10.7. The van der Waals surface area contributed by atoms with Crippen LogP contribution in [-0.4, -0.2) is 12.7 Å². The van der Waals surface area contributed by atoms with Crippen molar-refractivity contribution in [1.82, 2.24) is 0 Å². The van der Waals surface area contributed by atoms with E-state index >= 15 is 0 Å². The number of ether oxygens (including phenoxy) is 2. The SMILES string of the molecule is Cc1ccc2c(c1)C(=Cc1ccc3c(c1)OCO3)C(=O)N2. The van der Waals surface area contributed by atoms with Gasteiger partial charge in [0.15, 0.2) is 11.5 Å². The van der Waals surface area contributed by atoms with Gasteiger partial charge in [-0.2, -0.15) is 0 Å². The van der Waals surface area contributed by atoms with Gasteiger partial charge < -0.3 is 14.8 Å². The lowest BCUT2D eigenvalue weighted by Crippen LogP contribution is -2.03. The van der Waals surface area contributed by atoms with Crippen molar-refractivity contribution >= 4 is 23.2 Å². The van der Waals surface area contributed by atoms with E-state index in [4.69, 9.17) is 9.47 Å². The number of nitrogens with one attached hydrogen (secondary N) is 1. The van der Waals surface area contributed by atoms with Crippen LogP contribution in [0, 0.1) is 6.92 Å². The second-order valence-corrected chi connectivity index (χ2v) is 5.17. The van der Waals surface area contributed by atoms with Gasteiger partial charge in [0.2, 0.25) is 6.79 Å². The number of aryl methyl sites for hydroxylation is 1. The van der Waals surface area contributed by atoms with Gasteiger partial charge in [-0.3, -0.25) is 4.79 Å². The largest absolute Gasteiger partial charge is 0.454 e. The molecule has 0 saturated heterocycles. The maximum Gasteiger partial charge on any atom is 0.256 e. The van der Waals surface area contributed by atoms with Crippen LogP contribution in [0.3, 0.4) is 0 Å². The first-order valence-corrected chi connectivity index (χ1v) is 6.74. The first kappa shape index (κ1) is 12.0. The average molecular weight is 279 g/mol. The molecule has 104 valence electrons. The predicted octanol–water partition coefficient (Wildman–Crippen LogP) is 3.22. The third kappa shape index (κ3) is 1.96. The number of fused-ring (bicyclic) bond motifs is 2. The molecule has 0 atom stereocenters. The lowest BCUT2D eigenvalue weighted by Gasteiger charge is -2.01. The summed E-state index contributed by atoms with van der Waals surface area (Å²) in [6.07, 6.45) is 1.88. The molecule has 2 heterocycles. The minimum absolute atomic E-state index is 0.0757. The Morgan fingerprint density at radius 3 is 2.86 bits per heavy atom. The molecular weight excluding hydrogens is 266 g/mol. The predicted molar refractivity (Wildman–Crippen MR) is 80.2 cm³/mol. The van der Waals surface area contributed by atoms with Crippen molar-refractivity contribution in [2.75, 3.05) is 12.1 Å². The Morgan fingerprint density at radius 1 is 1.10 bits per heavy atom. The topological polar surface area (TPSA) is 47.6 Å². The number of anilines is 1. The average Bonchev–Trinajstić information content (AvgIpc) is 3.04. The van der Waals surface area contributed by atoms with Crippen LogP contribution in [0.2, 0.25) is 0 Å². The Balaban J connectivity index is 1.80. The minimum Gasteiger partial charge on any atom is -0.454 e. The van der Waals surface area contributed by atoms with Crippen molar-refractivity contribution in [2.24, 2.45) is 0 Å². The van der Waals surface area contributed by atoms with E-state index in [9.17, 15) is 4.79 Å². The highest BCUT2D eigenvalue weighted by Gasteiger charge is 2.24. The van der Waals surface area contributed by atoms with Gasteiger partial charge in [-0.1, -0.05) is 17.7 Å². The van der Waals surface area contributed by atoms with Crippen LogP contribution in [0.4, 0.5) is 5.69 Å². The summed E-state index contributed by atoms with van der Waals surface area (Å²) in [5, 5.41) is 2.88. The van der Waals surface area contributed by atoms with Crippen LogP contribution in [0.25, 0.3) is 11.6 Å². The summed E-state index contributed by atoms with van der Waals surface area (Å²) in [6, 6.07) is 11.6. The first-order chi connectivity index (χ1) is 10.2. The van der Waals surface area contributed by atoms with Crippen molar-refractivity contribution in [1.29, 1.82) is 0 Å². The van der Waals surface area contributed by atoms with Gasteiger partial charge in [0.1, 0.15) is 0 Å². The van der Waals surface area contributed by atoms with E-state index in [2.05, 4.69) is 5.32 Å². The fourth-order valence-electron chi connectivity index (χ4n) is 2.61. The van der Waals surface area contributed by atoms with Gasteiger partial charge in [0, 0.05) is 16.8 Å². The molecule has 0 unspecified atom stereocenters. The van der Waals surface area contributed by atoms with E-state index in [0.29, 0.717) is 11.3 Å². The Bertz CT molecular complexity index is 793. The third-order valence-corrected chi connectivity index (χ3v) is 3.67. The summed E-state index contributed by atoms with van der Waals surface area (Å²) in [4.78, 5) is 12.1. The molecule has 0 spiro atoms. The van der Waals surface area contributed by atoms with Crippen LogP contribution in [-0.2, 0) is 4.79 Å². The molecule has 0 radical (unpaired) electrons. The van der Waals surface area contributed by atoms with Gasteiger partial charge in [0.05, 0.1) is 0 Å². The van der Waals surface area contributed by atoms with Gasteiger partial charge >= 0.3 is 0 Å². The highest BCUT2D eigenvalue weighted by atomic mass is 16.7. The fraction of sp³-hybridized carbons (Fsp3) is 0.118. The number of hydrogen-bond donors (Lipinski definition) is 1. The smallest absolute Gasteiger partial charge is 0.256 e. The Kier molecular flexibility index (Phi) is 2.51. The van der Waals surface area contributed by atoms with E-state index in [1.807, 2.05) is 49.4 Å². The number of carbonyl (C=O) groups is 1. The highest BCUT2D eigenvalue weighted by Crippen LogP contribution is 2.36. The van der Waals surface area contributed by atoms with Gasteiger partial charge in [-0.05, 0) is 42.8 Å². The second kappa shape index (κ2) is 4.38. The minimum atomic E-state index is -0.0757. The number of carbonyl (C=O) groups excluding carboxylic acids is 1. The van der Waals surface area contributed by atoms with E-state index in [1.165, 1.54) is 0 Å². The quantitative estimate of drug-likeness (QED) is 0.815. The molecule has 2 aromatic carbocycles. The molecule has 2 aliphatic heterocycles. The Morgan fingerprint density at radius 2 is 1.95 bits per heavy atom. The monoisotopic (exact) mass is 279 g/mol. The van der Waals surface area contributed by atoms with Crippen molar-refractivity contribution in [2.45, 2.75) is 6.92 Å². The van der Waals surface area contributed by atoms with E-state index in [-0.39, 0.29) is 12.7 Å². The molecule has 4 rings (SSSR count). The van der Waals surface area contributed by atoms with Crippen LogP contribution in [0.1, 0.15) is 16.7 Å². The molecule has 0 bridgehead atoms. The Labute approximate surface area is 122 Å². The molecule has 21 heavy (non-hydrogen) atoms. The zero-order chi connectivity index (χ0) is 14.4. The molecule has 0 saturated carbocycles. The maximum atomic E-state index is 12.1. The summed E-state index contributed by atoms with van der Waals surface area (Å²) >= 11 is 0. The highest BCUT2D eigenvalue weighted by molar-refractivity contribution is 6.34. The van der Waals surface area contributed by atoms with Crippen LogP contribution < -0.4 is 14.8 Å². The molecule has 1 N–H and O–H groups in total. The van der Waals surface area contributed by atoms with Crippen LogP contribution in [0.5, 0.6) is 11.5 Å². The molecule has 0 aromatic heterocycles. The zero-order valence-electron chi connectivity index (χ0n) is 11.5. The molecule has 1 amide bonds. The number of rotatable bonds is 1. The standard InChI is InChI=1S/C17H13NO3/c1-10-2-4-14-12(6-10)13(17(19)18-14)7-11-3-5-15-16(8-11)21-9-20-15/h2-8H,9H2,1H3,(H,18,19). The van der Waals surface area contributed by atoms with E-state index < -0.39 is 0 Å². The fourth-order valence-corrected chi connectivity index (χ4v) is 2.61. The number of amides is 1.